The van der Waals surface area contributed by atoms with Crippen LogP contribution in [-0.2, 0) is 4.74 Å². The zero-order valence-electron chi connectivity index (χ0n) is 8.48. The monoisotopic (exact) mass is 199 g/mol. The molecule has 2 rings (SSSR count). The zero-order valence-corrected chi connectivity index (χ0v) is 8.48. The van der Waals surface area contributed by atoms with Gasteiger partial charge in [0.15, 0.2) is 0 Å². The number of carbonyl (C=O) groups excluding carboxylic acids is 1. The van der Waals surface area contributed by atoms with Crippen molar-refractivity contribution in [1.29, 1.82) is 0 Å². The minimum absolute atomic E-state index is 0.242. The van der Waals surface area contributed by atoms with Gasteiger partial charge in [-0.05, 0) is 30.6 Å². The average Bonchev–Trinajstić information content (AvgIpc) is 2.92. The molecule has 4 nitrogen and oxygen atoms in total. The standard InChI is InChI=1S/C10H17NO3/c1-14-10(13)11-4-8(5-11)9(6-12)7-2-3-7/h7-9,12H,2-6H2,1H3. The third-order valence-corrected chi connectivity index (χ3v) is 3.39. The Hall–Kier alpha value is -0.770. The second kappa shape index (κ2) is 3.77. The van der Waals surface area contributed by atoms with Gasteiger partial charge in [0.25, 0.3) is 0 Å². The van der Waals surface area contributed by atoms with Crippen molar-refractivity contribution in [3.8, 4) is 0 Å². The van der Waals surface area contributed by atoms with Crippen LogP contribution in [0.25, 0.3) is 0 Å². The van der Waals surface area contributed by atoms with Crippen molar-refractivity contribution in [2.24, 2.45) is 17.8 Å². The van der Waals surface area contributed by atoms with Crippen LogP contribution in [0, 0.1) is 17.8 Å². The van der Waals surface area contributed by atoms with Crippen molar-refractivity contribution in [1.82, 2.24) is 4.90 Å². The molecule has 2 fully saturated rings. The summed E-state index contributed by atoms with van der Waals surface area (Å²) < 4.78 is 4.62. The van der Waals surface area contributed by atoms with E-state index in [0.717, 1.165) is 13.1 Å². The third kappa shape index (κ3) is 1.71. The molecule has 0 aromatic heterocycles. The lowest BCUT2D eigenvalue weighted by Crippen LogP contribution is -2.53. The van der Waals surface area contributed by atoms with Crippen molar-refractivity contribution < 1.29 is 14.6 Å². The predicted molar refractivity (Wildman–Crippen MR) is 50.8 cm³/mol. The lowest BCUT2D eigenvalue weighted by molar-refractivity contribution is 0.0211. The van der Waals surface area contributed by atoms with Gasteiger partial charge in [0.2, 0.25) is 0 Å². The molecule has 1 unspecified atom stereocenters. The van der Waals surface area contributed by atoms with E-state index in [1.54, 1.807) is 4.90 Å². The van der Waals surface area contributed by atoms with Crippen LogP contribution in [0.2, 0.25) is 0 Å². The number of hydrogen-bond donors (Lipinski definition) is 1. The maximum absolute atomic E-state index is 11.1. The molecule has 1 aliphatic carbocycles. The van der Waals surface area contributed by atoms with Crippen LogP contribution in [0.4, 0.5) is 4.79 Å². The van der Waals surface area contributed by atoms with Gasteiger partial charge in [-0.25, -0.2) is 4.79 Å². The van der Waals surface area contributed by atoms with Crippen LogP contribution in [0.5, 0.6) is 0 Å². The van der Waals surface area contributed by atoms with E-state index in [1.807, 2.05) is 0 Å². The van der Waals surface area contributed by atoms with Crippen molar-refractivity contribution >= 4 is 6.09 Å². The van der Waals surface area contributed by atoms with Gasteiger partial charge >= 0.3 is 6.09 Å². The second-order valence-corrected chi connectivity index (χ2v) is 4.32. The number of hydrogen-bond acceptors (Lipinski definition) is 3. The number of rotatable bonds is 3. The van der Waals surface area contributed by atoms with Gasteiger partial charge in [-0.3, -0.25) is 0 Å². The summed E-state index contributed by atoms with van der Waals surface area (Å²) >= 11 is 0. The van der Waals surface area contributed by atoms with Gasteiger partial charge in [0.05, 0.1) is 7.11 Å². The minimum Gasteiger partial charge on any atom is -0.453 e. The molecule has 1 amide bonds. The Bertz CT molecular complexity index is 221. The molecule has 0 bridgehead atoms. The van der Waals surface area contributed by atoms with E-state index in [4.69, 9.17) is 0 Å². The van der Waals surface area contributed by atoms with Crippen LogP contribution in [0.3, 0.4) is 0 Å². The van der Waals surface area contributed by atoms with E-state index < -0.39 is 0 Å². The second-order valence-electron chi connectivity index (χ2n) is 4.32. The first-order valence-electron chi connectivity index (χ1n) is 5.20. The Kier molecular flexibility index (Phi) is 2.63. The molecule has 1 saturated heterocycles. The van der Waals surface area contributed by atoms with Gasteiger partial charge in [-0.1, -0.05) is 0 Å². The fourth-order valence-electron chi connectivity index (χ4n) is 2.27. The summed E-state index contributed by atoms with van der Waals surface area (Å²) in [5, 5.41) is 9.22. The predicted octanol–water partition coefficient (Wildman–Crippen LogP) is 0.703. The Morgan fingerprint density at radius 3 is 2.57 bits per heavy atom. The van der Waals surface area contributed by atoms with Crippen LogP contribution < -0.4 is 0 Å². The molecule has 1 atom stereocenters. The van der Waals surface area contributed by atoms with Gasteiger partial charge in [-0.2, -0.15) is 0 Å². The number of likely N-dealkylation sites (tertiary alicyclic amines) is 1. The highest BCUT2D eigenvalue weighted by molar-refractivity contribution is 5.68. The van der Waals surface area contributed by atoms with Crippen LogP contribution in [0.15, 0.2) is 0 Å². The first kappa shape index (κ1) is 9.77. The summed E-state index contributed by atoms with van der Waals surface area (Å²) in [5.41, 5.74) is 0. The lowest BCUT2D eigenvalue weighted by Gasteiger charge is -2.42. The number of aliphatic hydroxyl groups is 1. The molecule has 1 aliphatic heterocycles. The van der Waals surface area contributed by atoms with Crippen LogP contribution >= 0.6 is 0 Å². The van der Waals surface area contributed by atoms with Gasteiger partial charge in [0.1, 0.15) is 0 Å². The molecule has 0 aromatic carbocycles. The van der Waals surface area contributed by atoms with Crippen LogP contribution in [0.1, 0.15) is 12.8 Å². The van der Waals surface area contributed by atoms with E-state index in [9.17, 15) is 9.90 Å². The van der Waals surface area contributed by atoms with E-state index in [2.05, 4.69) is 4.74 Å². The topological polar surface area (TPSA) is 49.8 Å². The molecule has 0 spiro atoms. The van der Waals surface area contributed by atoms with E-state index in [1.165, 1.54) is 20.0 Å². The molecule has 0 radical (unpaired) electrons. The van der Waals surface area contributed by atoms with Crippen LogP contribution in [-0.4, -0.2) is 42.9 Å². The molecule has 1 heterocycles. The summed E-state index contributed by atoms with van der Waals surface area (Å²) in [7, 11) is 1.40. The highest BCUT2D eigenvalue weighted by Crippen LogP contribution is 2.42. The largest absolute Gasteiger partial charge is 0.453 e. The molecular weight excluding hydrogens is 182 g/mol. The van der Waals surface area contributed by atoms with Gasteiger partial charge in [-0.15, -0.1) is 0 Å². The summed E-state index contributed by atoms with van der Waals surface area (Å²) in [4.78, 5) is 12.8. The fraction of sp³-hybridized carbons (Fsp3) is 0.900. The highest BCUT2D eigenvalue weighted by Gasteiger charge is 2.43. The summed E-state index contributed by atoms with van der Waals surface area (Å²) in [6.45, 7) is 1.78. The first-order valence-corrected chi connectivity index (χ1v) is 5.20. The number of methoxy groups -OCH3 is 1. The number of aliphatic hydroxyl groups excluding tert-OH is 1. The summed E-state index contributed by atoms with van der Waals surface area (Å²) in [6.07, 6.45) is 2.26. The molecule has 80 valence electrons. The van der Waals surface area contributed by atoms with Gasteiger partial charge < -0.3 is 14.7 Å². The molecule has 0 aromatic rings. The Morgan fingerprint density at radius 2 is 2.14 bits per heavy atom. The Morgan fingerprint density at radius 1 is 1.50 bits per heavy atom. The molecule has 1 saturated carbocycles. The van der Waals surface area contributed by atoms with E-state index >= 15 is 0 Å². The third-order valence-electron chi connectivity index (χ3n) is 3.39. The molecular formula is C10H17NO3. The number of amides is 1. The van der Waals surface area contributed by atoms with E-state index in [-0.39, 0.29) is 12.7 Å². The highest BCUT2D eigenvalue weighted by atomic mass is 16.5. The SMILES string of the molecule is COC(=O)N1CC(C(CO)C2CC2)C1. The van der Waals surface area contributed by atoms with Crippen molar-refractivity contribution in [2.45, 2.75) is 12.8 Å². The fourth-order valence-corrected chi connectivity index (χ4v) is 2.27. The van der Waals surface area contributed by atoms with Crippen molar-refractivity contribution in [3.05, 3.63) is 0 Å². The molecule has 1 N–H and O–H groups in total. The van der Waals surface area contributed by atoms with Crippen molar-refractivity contribution in [2.75, 3.05) is 26.8 Å². The first-order chi connectivity index (χ1) is 6.76. The molecule has 14 heavy (non-hydrogen) atoms. The summed E-state index contributed by atoms with van der Waals surface area (Å²) in [6, 6.07) is 0. The zero-order chi connectivity index (χ0) is 10.1. The quantitative estimate of drug-likeness (QED) is 0.728. The van der Waals surface area contributed by atoms with Crippen molar-refractivity contribution in [3.63, 3.8) is 0 Å². The Balaban J connectivity index is 1.78. The lowest BCUT2D eigenvalue weighted by atomic mass is 9.83. The van der Waals surface area contributed by atoms with Gasteiger partial charge in [0, 0.05) is 19.7 Å². The smallest absolute Gasteiger partial charge is 0.409 e. The number of carbonyl (C=O) groups is 1. The number of ether oxygens (including phenoxy) is 1. The average molecular weight is 199 g/mol. The Labute approximate surface area is 83.8 Å². The maximum Gasteiger partial charge on any atom is 0.409 e. The number of nitrogens with zero attached hydrogens (tertiary/aromatic N) is 1. The summed E-state index contributed by atoms with van der Waals surface area (Å²) in [5.74, 6) is 1.62. The normalized spacial score (nSPS) is 24.3. The molecule has 2 aliphatic rings. The minimum atomic E-state index is -0.242. The maximum atomic E-state index is 11.1. The molecule has 4 heteroatoms. The van der Waals surface area contributed by atoms with E-state index in [0.29, 0.717) is 17.8 Å².